The minimum atomic E-state index is -0.710. The van der Waals surface area contributed by atoms with Gasteiger partial charge in [-0.25, -0.2) is 9.78 Å². The second-order valence-corrected chi connectivity index (χ2v) is 7.66. The molecule has 1 aromatic rings. The van der Waals surface area contributed by atoms with Gasteiger partial charge >= 0.3 is 6.03 Å². The van der Waals surface area contributed by atoms with E-state index in [2.05, 4.69) is 34.4 Å². The molecule has 0 aliphatic rings. The van der Waals surface area contributed by atoms with Crippen LogP contribution in [-0.2, 0) is 16.0 Å². The Morgan fingerprint density at radius 3 is 2.58 bits per heavy atom. The van der Waals surface area contributed by atoms with Crippen molar-refractivity contribution in [1.82, 2.24) is 25.5 Å². The summed E-state index contributed by atoms with van der Waals surface area (Å²) >= 11 is 1.19. The van der Waals surface area contributed by atoms with Crippen LogP contribution >= 0.6 is 11.8 Å². The van der Waals surface area contributed by atoms with Crippen LogP contribution in [0.2, 0.25) is 0 Å². The number of rotatable bonds is 10. The van der Waals surface area contributed by atoms with Crippen molar-refractivity contribution in [3.05, 3.63) is 18.2 Å². The molecule has 0 bridgehead atoms. The Labute approximate surface area is 158 Å². The third-order valence-corrected chi connectivity index (χ3v) is 4.55. The highest BCUT2D eigenvalue weighted by Gasteiger charge is 2.24. The Balaban J connectivity index is 2.73. The number of aromatic amines is 1. The van der Waals surface area contributed by atoms with Crippen molar-refractivity contribution in [3.8, 4) is 0 Å². The van der Waals surface area contributed by atoms with Crippen LogP contribution in [0.3, 0.4) is 0 Å². The van der Waals surface area contributed by atoms with Crippen LogP contribution in [0.15, 0.2) is 12.5 Å². The SMILES string of the molecule is CNC(=O)[C@H](Cc1c[nH]cn1)NC(=O)N(CCSC(C)=O)CCC(C)C. The van der Waals surface area contributed by atoms with Crippen LogP contribution in [0.4, 0.5) is 4.79 Å². The zero-order chi connectivity index (χ0) is 19.5. The molecule has 3 amide bonds. The Kier molecular flexibility index (Phi) is 9.79. The molecule has 1 aromatic heterocycles. The van der Waals surface area contributed by atoms with Gasteiger partial charge in [-0.3, -0.25) is 9.59 Å². The Bertz CT molecular complexity index is 577. The highest BCUT2D eigenvalue weighted by molar-refractivity contribution is 8.13. The molecule has 0 unspecified atom stereocenters. The largest absolute Gasteiger partial charge is 0.357 e. The molecule has 0 radical (unpaired) electrons. The van der Waals surface area contributed by atoms with Crippen molar-refractivity contribution >= 4 is 28.8 Å². The zero-order valence-electron chi connectivity index (χ0n) is 15.9. The quantitative estimate of drug-likeness (QED) is 0.566. The molecule has 9 heteroatoms. The molecule has 0 spiro atoms. The van der Waals surface area contributed by atoms with Crippen LogP contribution in [-0.4, -0.2) is 63.9 Å². The summed E-state index contributed by atoms with van der Waals surface area (Å²) in [7, 11) is 1.53. The van der Waals surface area contributed by atoms with Gasteiger partial charge in [-0.15, -0.1) is 0 Å². The van der Waals surface area contributed by atoms with Crippen LogP contribution < -0.4 is 10.6 Å². The van der Waals surface area contributed by atoms with Crippen molar-refractivity contribution < 1.29 is 14.4 Å². The van der Waals surface area contributed by atoms with Gasteiger partial charge in [0.1, 0.15) is 6.04 Å². The lowest BCUT2D eigenvalue weighted by Gasteiger charge is -2.26. The number of nitrogens with one attached hydrogen (secondary N) is 3. The standard InChI is InChI=1S/C17H29N5O3S/c1-12(2)5-6-22(7-8-26-13(3)23)17(25)21-15(16(24)18-4)9-14-10-19-11-20-14/h10-12,15H,5-9H2,1-4H3,(H,18,24)(H,19,20)(H,21,25)/t15-/m0/s1. The molecule has 1 rings (SSSR count). The second-order valence-electron chi connectivity index (χ2n) is 6.39. The van der Waals surface area contributed by atoms with E-state index in [1.807, 2.05) is 0 Å². The number of aromatic nitrogens is 2. The first-order valence-corrected chi connectivity index (χ1v) is 9.70. The number of hydrogen-bond acceptors (Lipinski definition) is 5. The number of likely N-dealkylation sites (N-methyl/N-ethyl adjacent to an activating group) is 1. The van der Waals surface area contributed by atoms with E-state index in [1.54, 1.807) is 11.1 Å². The molecular formula is C17H29N5O3S. The summed E-state index contributed by atoms with van der Waals surface area (Å²) in [6.45, 7) is 6.71. The third kappa shape index (κ3) is 8.37. The first-order valence-electron chi connectivity index (χ1n) is 8.71. The van der Waals surface area contributed by atoms with Crippen LogP contribution in [0.1, 0.15) is 32.9 Å². The summed E-state index contributed by atoms with van der Waals surface area (Å²) in [4.78, 5) is 44.6. The average Bonchev–Trinajstić information content (AvgIpc) is 3.09. The lowest BCUT2D eigenvalue weighted by molar-refractivity contribution is -0.122. The Morgan fingerprint density at radius 1 is 1.31 bits per heavy atom. The maximum Gasteiger partial charge on any atom is 0.318 e. The van der Waals surface area contributed by atoms with Gasteiger partial charge < -0.3 is 20.5 Å². The number of imidazole rings is 1. The van der Waals surface area contributed by atoms with Gasteiger partial charge in [-0.2, -0.15) is 0 Å². The topological polar surface area (TPSA) is 107 Å². The Morgan fingerprint density at radius 2 is 2.04 bits per heavy atom. The summed E-state index contributed by atoms with van der Waals surface area (Å²) < 4.78 is 0. The lowest BCUT2D eigenvalue weighted by atomic mass is 10.1. The predicted octanol–water partition coefficient (Wildman–Crippen LogP) is 1.40. The maximum absolute atomic E-state index is 12.7. The van der Waals surface area contributed by atoms with Crippen molar-refractivity contribution in [3.63, 3.8) is 0 Å². The average molecular weight is 384 g/mol. The minimum Gasteiger partial charge on any atom is -0.357 e. The predicted molar refractivity (Wildman–Crippen MR) is 103 cm³/mol. The van der Waals surface area contributed by atoms with Gasteiger partial charge in [0.25, 0.3) is 0 Å². The van der Waals surface area contributed by atoms with Crippen molar-refractivity contribution in [2.75, 3.05) is 25.9 Å². The summed E-state index contributed by atoms with van der Waals surface area (Å²) in [5.74, 6) is 0.707. The van der Waals surface area contributed by atoms with Gasteiger partial charge in [-0.05, 0) is 12.3 Å². The highest BCUT2D eigenvalue weighted by Crippen LogP contribution is 2.07. The van der Waals surface area contributed by atoms with Gasteiger partial charge in [0.2, 0.25) is 5.91 Å². The Hall–Kier alpha value is -2.03. The molecule has 1 atom stereocenters. The van der Waals surface area contributed by atoms with Crippen molar-refractivity contribution in [2.24, 2.45) is 5.92 Å². The molecule has 1 heterocycles. The fourth-order valence-electron chi connectivity index (χ4n) is 2.26. The van der Waals surface area contributed by atoms with Crippen LogP contribution in [0.25, 0.3) is 0 Å². The van der Waals surface area contributed by atoms with Crippen LogP contribution in [0.5, 0.6) is 0 Å². The zero-order valence-corrected chi connectivity index (χ0v) is 16.7. The number of nitrogens with zero attached hydrogens (tertiary/aromatic N) is 2. The molecule has 0 aliphatic carbocycles. The van der Waals surface area contributed by atoms with Crippen molar-refractivity contribution in [2.45, 2.75) is 39.7 Å². The maximum atomic E-state index is 12.7. The summed E-state index contributed by atoms with van der Waals surface area (Å²) in [6.07, 6.45) is 4.38. The first kappa shape index (κ1) is 22.0. The molecule has 3 N–H and O–H groups in total. The molecule has 0 aromatic carbocycles. The minimum absolute atomic E-state index is 0.0241. The third-order valence-electron chi connectivity index (χ3n) is 3.76. The van der Waals surface area contributed by atoms with E-state index < -0.39 is 6.04 Å². The fraction of sp³-hybridized carbons (Fsp3) is 0.647. The normalized spacial score (nSPS) is 11.9. The molecular weight excluding hydrogens is 354 g/mol. The summed E-state index contributed by atoms with van der Waals surface area (Å²) in [6, 6.07) is -1.02. The van der Waals surface area contributed by atoms with Gasteiger partial charge in [0, 0.05) is 45.4 Å². The molecule has 0 saturated heterocycles. The molecule has 26 heavy (non-hydrogen) atoms. The van der Waals surface area contributed by atoms with E-state index in [4.69, 9.17) is 0 Å². The number of thioether (sulfide) groups is 1. The monoisotopic (exact) mass is 383 g/mol. The first-order chi connectivity index (χ1) is 12.3. The smallest absolute Gasteiger partial charge is 0.318 e. The molecule has 146 valence electrons. The number of hydrogen-bond donors (Lipinski definition) is 3. The number of urea groups is 1. The van der Waals surface area contributed by atoms with Gasteiger partial charge in [0.05, 0.1) is 12.0 Å². The number of carbonyl (C=O) groups is 3. The summed E-state index contributed by atoms with van der Waals surface area (Å²) in [5, 5.41) is 5.39. The number of H-pyrrole nitrogens is 1. The highest BCUT2D eigenvalue weighted by atomic mass is 32.2. The van der Waals surface area contributed by atoms with E-state index in [9.17, 15) is 14.4 Å². The molecule has 0 fully saturated rings. The van der Waals surface area contributed by atoms with E-state index in [0.717, 1.165) is 6.42 Å². The van der Waals surface area contributed by atoms with E-state index in [1.165, 1.54) is 32.1 Å². The lowest BCUT2D eigenvalue weighted by Crippen LogP contribution is -2.52. The summed E-state index contributed by atoms with van der Waals surface area (Å²) in [5.41, 5.74) is 0.694. The second kappa shape index (κ2) is 11.6. The van der Waals surface area contributed by atoms with Crippen LogP contribution in [0, 0.1) is 5.92 Å². The van der Waals surface area contributed by atoms with E-state index in [-0.39, 0.29) is 17.1 Å². The van der Waals surface area contributed by atoms with E-state index in [0.29, 0.717) is 36.9 Å². The molecule has 0 saturated carbocycles. The molecule has 8 nitrogen and oxygen atoms in total. The van der Waals surface area contributed by atoms with Gasteiger partial charge in [-0.1, -0.05) is 25.6 Å². The fourth-order valence-corrected chi connectivity index (χ4v) is 2.86. The van der Waals surface area contributed by atoms with E-state index >= 15 is 0 Å². The van der Waals surface area contributed by atoms with Crippen molar-refractivity contribution in [1.29, 1.82) is 0 Å². The van der Waals surface area contributed by atoms with Gasteiger partial charge in [0.15, 0.2) is 5.12 Å². The molecule has 0 aliphatic heterocycles. The number of amides is 3. The number of carbonyl (C=O) groups excluding carboxylic acids is 3.